The molecule has 0 bridgehead atoms. The number of hydrogen-bond acceptors (Lipinski definition) is 2. The van der Waals surface area contributed by atoms with Crippen LogP contribution in [0.15, 0.2) is 54.1 Å². The normalized spacial score (nSPS) is 17.6. The van der Waals surface area contributed by atoms with Crippen LogP contribution >= 0.6 is 0 Å². The first-order valence-electron chi connectivity index (χ1n) is 6.30. The second-order valence-electron chi connectivity index (χ2n) is 4.52. The van der Waals surface area contributed by atoms with Crippen molar-refractivity contribution < 1.29 is 9.47 Å². The molecule has 0 spiro atoms. The summed E-state index contributed by atoms with van der Waals surface area (Å²) in [4.78, 5) is 0. The van der Waals surface area contributed by atoms with Gasteiger partial charge >= 0.3 is 0 Å². The van der Waals surface area contributed by atoms with E-state index in [1.54, 1.807) is 14.2 Å². The Morgan fingerprint density at radius 1 is 1.06 bits per heavy atom. The Bertz CT molecular complexity index is 428. The minimum absolute atomic E-state index is 0.559. The topological polar surface area (TPSA) is 18.5 Å². The lowest BCUT2D eigenvalue weighted by molar-refractivity contribution is -0.167. The second-order valence-corrected chi connectivity index (χ2v) is 4.52. The molecule has 0 atom stereocenters. The minimum Gasteiger partial charge on any atom is -0.349 e. The van der Waals surface area contributed by atoms with Gasteiger partial charge in [0.2, 0.25) is 0 Å². The number of hydrogen-bond donors (Lipinski definition) is 0. The van der Waals surface area contributed by atoms with E-state index in [4.69, 9.17) is 9.47 Å². The van der Waals surface area contributed by atoms with Crippen LogP contribution in [0.3, 0.4) is 0 Å². The van der Waals surface area contributed by atoms with Gasteiger partial charge in [0.05, 0.1) is 0 Å². The first-order valence-corrected chi connectivity index (χ1v) is 6.30. The molecule has 0 aliphatic heterocycles. The van der Waals surface area contributed by atoms with Crippen LogP contribution in [-0.2, 0) is 15.9 Å². The summed E-state index contributed by atoms with van der Waals surface area (Å²) in [6.45, 7) is 0. The third-order valence-corrected chi connectivity index (χ3v) is 3.44. The number of benzene rings is 1. The van der Waals surface area contributed by atoms with Gasteiger partial charge in [-0.1, -0.05) is 48.1 Å². The highest BCUT2D eigenvalue weighted by Gasteiger charge is 2.26. The Morgan fingerprint density at radius 2 is 1.78 bits per heavy atom. The van der Waals surface area contributed by atoms with Crippen LogP contribution in [0, 0.1) is 0 Å². The Hall–Kier alpha value is -1.38. The fourth-order valence-electron chi connectivity index (χ4n) is 2.15. The number of ether oxygens (including phenoxy) is 2. The molecule has 0 saturated carbocycles. The number of allylic oxidation sites excluding steroid dienone is 2. The molecule has 1 aromatic rings. The van der Waals surface area contributed by atoms with Crippen molar-refractivity contribution in [2.45, 2.75) is 25.0 Å². The van der Waals surface area contributed by atoms with Gasteiger partial charge in [0.1, 0.15) is 0 Å². The quantitative estimate of drug-likeness (QED) is 0.738. The van der Waals surface area contributed by atoms with E-state index in [1.807, 2.05) is 6.08 Å². The zero-order chi connectivity index (χ0) is 12.8. The summed E-state index contributed by atoms with van der Waals surface area (Å²) >= 11 is 0. The molecule has 0 heterocycles. The van der Waals surface area contributed by atoms with Gasteiger partial charge in [-0.25, -0.2) is 0 Å². The van der Waals surface area contributed by atoms with Crippen molar-refractivity contribution in [2.75, 3.05) is 14.2 Å². The fourth-order valence-corrected chi connectivity index (χ4v) is 2.15. The van der Waals surface area contributed by atoms with Crippen molar-refractivity contribution in [3.63, 3.8) is 0 Å². The van der Waals surface area contributed by atoms with E-state index in [1.165, 1.54) is 11.1 Å². The molecule has 2 rings (SSSR count). The third kappa shape index (κ3) is 3.09. The van der Waals surface area contributed by atoms with Gasteiger partial charge in [0, 0.05) is 20.6 Å². The maximum atomic E-state index is 5.39. The van der Waals surface area contributed by atoms with Gasteiger partial charge in [0.15, 0.2) is 5.79 Å². The molecule has 0 fully saturated rings. The highest BCUT2D eigenvalue weighted by Crippen LogP contribution is 2.26. The molecule has 1 aliphatic rings. The van der Waals surface area contributed by atoms with Crippen LogP contribution < -0.4 is 0 Å². The van der Waals surface area contributed by atoms with E-state index < -0.39 is 5.79 Å². The Kier molecular flexibility index (Phi) is 4.34. The Morgan fingerprint density at radius 3 is 2.33 bits per heavy atom. The molecule has 1 aromatic carbocycles. The third-order valence-electron chi connectivity index (χ3n) is 3.44. The second kappa shape index (κ2) is 5.98. The van der Waals surface area contributed by atoms with E-state index in [0.717, 1.165) is 19.3 Å². The Balaban J connectivity index is 1.90. The summed E-state index contributed by atoms with van der Waals surface area (Å²) in [6, 6.07) is 10.6. The monoisotopic (exact) mass is 244 g/mol. The van der Waals surface area contributed by atoms with Crippen molar-refractivity contribution in [2.24, 2.45) is 0 Å². The summed E-state index contributed by atoms with van der Waals surface area (Å²) in [7, 11) is 3.35. The molecule has 0 radical (unpaired) electrons. The highest BCUT2D eigenvalue weighted by atomic mass is 16.7. The number of methoxy groups -OCH3 is 2. The summed E-state index contributed by atoms with van der Waals surface area (Å²) in [5, 5.41) is 0. The van der Waals surface area contributed by atoms with Crippen LogP contribution in [0.25, 0.3) is 0 Å². The molecule has 0 aromatic heterocycles. The standard InChI is InChI=1S/C16H20O2/c1-17-16(18-2)12-10-15(11-13-16)9-8-14-6-4-3-5-7-14/h3-7,10-12H,8-9,13H2,1-2H3. The van der Waals surface area contributed by atoms with Crippen LogP contribution in [0.5, 0.6) is 0 Å². The molecule has 0 N–H and O–H groups in total. The molecule has 2 heteroatoms. The predicted molar refractivity (Wildman–Crippen MR) is 73.4 cm³/mol. The van der Waals surface area contributed by atoms with Crippen molar-refractivity contribution >= 4 is 0 Å². The summed E-state index contributed by atoms with van der Waals surface area (Å²) in [5.41, 5.74) is 2.73. The number of rotatable bonds is 5. The van der Waals surface area contributed by atoms with Crippen LogP contribution in [-0.4, -0.2) is 20.0 Å². The van der Waals surface area contributed by atoms with E-state index in [-0.39, 0.29) is 0 Å². The predicted octanol–water partition coefficient (Wildman–Crippen LogP) is 3.49. The van der Waals surface area contributed by atoms with E-state index >= 15 is 0 Å². The van der Waals surface area contributed by atoms with Gasteiger partial charge in [-0.05, 0) is 24.5 Å². The van der Waals surface area contributed by atoms with Gasteiger partial charge in [0.25, 0.3) is 0 Å². The molecular formula is C16H20O2. The molecule has 0 unspecified atom stereocenters. The lowest BCUT2D eigenvalue weighted by Gasteiger charge is -2.29. The molecule has 0 saturated heterocycles. The molecular weight excluding hydrogens is 224 g/mol. The highest BCUT2D eigenvalue weighted by molar-refractivity contribution is 5.28. The Labute approximate surface area is 109 Å². The van der Waals surface area contributed by atoms with Crippen molar-refractivity contribution in [3.05, 3.63) is 59.7 Å². The molecule has 0 amide bonds. The average molecular weight is 244 g/mol. The molecule has 18 heavy (non-hydrogen) atoms. The van der Waals surface area contributed by atoms with Gasteiger partial charge < -0.3 is 9.47 Å². The summed E-state index contributed by atoms with van der Waals surface area (Å²) in [5.74, 6) is -0.559. The average Bonchev–Trinajstić information content (AvgIpc) is 2.47. The zero-order valence-electron chi connectivity index (χ0n) is 11.1. The first kappa shape index (κ1) is 13.1. The van der Waals surface area contributed by atoms with Crippen molar-refractivity contribution in [3.8, 4) is 0 Å². The molecule has 2 nitrogen and oxygen atoms in total. The van der Waals surface area contributed by atoms with E-state index in [2.05, 4.69) is 42.5 Å². The number of aryl methyl sites for hydroxylation is 1. The molecule has 96 valence electrons. The van der Waals surface area contributed by atoms with E-state index in [0.29, 0.717) is 0 Å². The van der Waals surface area contributed by atoms with Gasteiger partial charge in [-0.2, -0.15) is 0 Å². The smallest absolute Gasteiger partial charge is 0.190 e. The maximum Gasteiger partial charge on any atom is 0.190 e. The minimum atomic E-state index is -0.559. The van der Waals surface area contributed by atoms with Crippen molar-refractivity contribution in [1.82, 2.24) is 0 Å². The lowest BCUT2D eigenvalue weighted by atomic mass is 9.97. The fraction of sp³-hybridized carbons (Fsp3) is 0.375. The SMILES string of the molecule is COC1(OC)C=CC(CCc2ccccc2)=CC1. The van der Waals surface area contributed by atoms with Crippen LogP contribution in [0.2, 0.25) is 0 Å². The van der Waals surface area contributed by atoms with E-state index in [9.17, 15) is 0 Å². The first-order chi connectivity index (χ1) is 8.78. The van der Waals surface area contributed by atoms with Gasteiger partial charge in [-0.15, -0.1) is 0 Å². The summed E-state index contributed by atoms with van der Waals surface area (Å²) < 4.78 is 10.8. The lowest BCUT2D eigenvalue weighted by Crippen LogP contribution is -2.31. The molecule has 1 aliphatic carbocycles. The van der Waals surface area contributed by atoms with Gasteiger partial charge in [-0.3, -0.25) is 0 Å². The van der Waals surface area contributed by atoms with Crippen LogP contribution in [0.1, 0.15) is 18.4 Å². The van der Waals surface area contributed by atoms with Crippen LogP contribution in [0.4, 0.5) is 0 Å². The maximum absolute atomic E-state index is 5.39. The van der Waals surface area contributed by atoms with Crippen molar-refractivity contribution in [1.29, 1.82) is 0 Å². The summed E-state index contributed by atoms with van der Waals surface area (Å²) in [6.07, 6.45) is 9.23. The zero-order valence-corrected chi connectivity index (χ0v) is 11.1. The largest absolute Gasteiger partial charge is 0.349 e.